The van der Waals surface area contributed by atoms with Crippen LogP contribution in [0.4, 0.5) is 0 Å². The molecule has 0 radical (unpaired) electrons. The van der Waals surface area contributed by atoms with Crippen LogP contribution >= 0.6 is 0 Å². The molecule has 5 heteroatoms. The van der Waals surface area contributed by atoms with Crippen molar-refractivity contribution in [1.82, 2.24) is 10.5 Å². The second-order valence-corrected chi connectivity index (χ2v) is 3.68. The first-order chi connectivity index (χ1) is 6.76. The molecule has 1 rings (SSSR count). The van der Waals surface area contributed by atoms with Crippen LogP contribution in [0.1, 0.15) is 26.2 Å². The predicted molar refractivity (Wildman–Crippen MR) is 52.9 cm³/mol. The number of nitrogens with zero attached hydrogens (tertiary/aromatic N) is 1. The van der Waals surface area contributed by atoms with Gasteiger partial charge in [0, 0.05) is 13.1 Å². The Morgan fingerprint density at radius 2 is 2.36 bits per heavy atom. The molecule has 3 N–H and O–H groups in total. The maximum atomic E-state index is 11.0. The molecular weight excluding hydrogens is 182 g/mol. The highest BCUT2D eigenvalue weighted by molar-refractivity contribution is 5.69. The zero-order chi connectivity index (χ0) is 10.4. The molecule has 1 saturated carbocycles. The van der Waals surface area contributed by atoms with Crippen molar-refractivity contribution in [1.29, 1.82) is 0 Å². The van der Waals surface area contributed by atoms with Crippen molar-refractivity contribution in [2.24, 2.45) is 11.8 Å². The van der Waals surface area contributed by atoms with E-state index in [1.807, 2.05) is 5.59 Å². The van der Waals surface area contributed by atoms with Gasteiger partial charge in [-0.3, -0.25) is 4.79 Å². The third kappa shape index (κ3) is 4.55. The molecular formula is C9H19N3O2. The fourth-order valence-corrected chi connectivity index (χ4v) is 1.41. The van der Waals surface area contributed by atoms with E-state index in [1.54, 1.807) is 0 Å². The number of carbonyl (C=O) groups is 1. The highest BCUT2D eigenvalue weighted by Crippen LogP contribution is 2.29. The third-order valence-electron chi connectivity index (χ3n) is 2.47. The van der Waals surface area contributed by atoms with Crippen LogP contribution < -0.4 is 11.4 Å². The molecule has 0 bridgehead atoms. The van der Waals surface area contributed by atoms with Gasteiger partial charge in [0.05, 0.1) is 6.42 Å². The van der Waals surface area contributed by atoms with Crippen LogP contribution in [0.25, 0.3) is 0 Å². The van der Waals surface area contributed by atoms with Crippen molar-refractivity contribution in [3.8, 4) is 0 Å². The van der Waals surface area contributed by atoms with Crippen LogP contribution in [0.15, 0.2) is 0 Å². The van der Waals surface area contributed by atoms with E-state index in [0.717, 1.165) is 25.6 Å². The van der Waals surface area contributed by atoms with E-state index in [1.165, 1.54) is 12.8 Å². The summed E-state index contributed by atoms with van der Waals surface area (Å²) in [5.41, 5.74) is 1.89. The second-order valence-electron chi connectivity index (χ2n) is 3.68. The number of hydrogen-bond donors (Lipinski definition) is 2. The second kappa shape index (κ2) is 5.95. The van der Waals surface area contributed by atoms with Gasteiger partial charge in [0.2, 0.25) is 0 Å². The number of hydrazine groups is 1. The molecule has 1 fully saturated rings. The van der Waals surface area contributed by atoms with Crippen LogP contribution in [0.3, 0.4) is 0 Å². The van der Waals surface area contributed by atoms with Crippen molar-refractivity contribution in [2.45, 2.75) is 26.2 Å². The average molecular weight is 201 g/mol. The van der Waals surface area contributed by atoms with Crippen LogP contribution in [0.5, 0.6) is 0 Å². The first-order valence-corrected chi connectivity index (χ1v) is 5.14. The van der Waals surface area contributed by atoms with Gasteiger partial charge in [-0.05, 0) is 25.3 Å². The summed E-state index contributed by atoms with van der Waals surface area (Å²) >= 11 is 0. The zero-order valence-corrected chi connectivity index (χ0v) is 8.66. The first-order valence-electron chi connectivity index (χ1n) is 5.14. The van der Waals surface area contributed by atoms with E-state index in [2.05, 4.69) is 16.7 Å². The van der Waals surface area contributed by atoms with Crippen molar-refractivity contribution in [3.63, 3.8) is 0 Å². The van der Waals surface area contributed by atoms with Gasteiger partial charge < -0.3 is 9.74 Å². The fourth-order valence-electron chi connectivity index (χ4n) is 1.41. The molecule has 0 amide bonds. The van der Waals surface area contributed by atoms with Crippen molar-refractivity contribution < 1.29 is 9.63 Å². The number of nitrogens with one attached hydrogen (secondary N) is 1. The Balaban J connectivity index is 2.09. The highest BCUT2D eigenvalue weighted by Gasteiger charge is 2.23. The van der Waals surface area contributed by atoms with Crippen molar-refractivity contribution >= 4 is 5.97 Å². The highest BCUT2D eigenvalue weighted by atomic mass is 16.7. The minimum atomic E-state index is -0.304. The summed E-state index contributed by atoms with van der Waals surface area (Å²) in [7, 11) is 0. The molecule has 1 aliphatic rings. The molecule has 0 atom stereocenters. The number of carbonyl (C=O) groups excluding carboxylic acids is 1. The standard InChI is InChI=1S/C9H19N3O2/c1-2-12(7-8-3-4-8)6-5-9(13)14-11-10/h8,11H,2-7,10H2,1H3. The van der Waals surface area contributed by atoms with Crippen LogP contribution in [-0.4, -0.2) is 30.5 Å². The summed E-state index contributed by atoms with van der Waals surface area (Å²) in [6, 6.07) is 0. The van der Waals surface area contributed by atoms with Crippen LogP contribution in [0, 0.1) is 5.92 Å². The summed E-state index contributed by atoms with van der Waals surface area (Å²) in [4.78, 5) is 17.7. The third-order valence-corrected chi connectivity index (χ3v) is 2.47. The molecule has 0 aromatic rings. The lowest BCUT2D eigenvalue weighted by molar-refractivity contribution is -0.151. The lowest BCUT2D eigenvalue weighted by Crippen LogP contribution is -2.31. The Hall–Kier alpha value is -0.650. The molecule has 0 aliphatic heterocycles. The van der Waals surface area contributed by atoms with E-state index >= 15 is 0 Å². The quantitative estimate of drug-likeness (QED) is 0.449. The van der Waals surface area contributed by atoms with Crippen molar-refractivity contribution in [3.05, 3.63) is 0 Å². The number of nitrogens with two attached hydrogens (primary N) is 1. The van der Waals surface area contributed by atoms with Gasteiger partial charge in [0.15, 0.2) is 0 Å². The van der Waals surface area contributed by atoms with Gasteiger partial charge in [-0.15, -0.1) is 0 Å². The van der Waals surface area contributed by atoms with Gasteiger partial charge in [0.25, 0.3) is 0 Å². The molecule has 82 valence electrons. The normalized spacial score (nSPS) is 15.9. The molecule has 14 heavy (non-hydrogen) atoms. The number of rotatable bonds is 7. The van der Waals surface area contributed by atoms with Gasteiger partial charge in [-0.2, -0.15) is 0 Å². The minimum absolute atomic E-state index is 0.304. The molecule has 0 saturated heterocycles. The van der Waals surface area contributed by atoms with E-state index in [0.29, 0.717) is 6.42 Å². The maximum Gasteiger partial charge on any atom is 0.327 e. The molecule has 0 aromatic heterocycles. The Labute approximate surface area is 84.5 Å². The summed E-state index contributed by atoms with van der Waals surface area (Å²) < 4.78 is 0. The zero-order valence-electron chi connectivity index (χ0n) is 8.66. The van der Waals surface area contributed by atoms with Gasteiger partial charge in [-0.1, -0.05) is 12.5 Å². The van der Waals surface area contributed by atoms with Crippen LogP contribution in [-0.2, 0) is 9.63 Å². The Morgan fingerprint density at radius 1 is 1.64 bits per heavy atom. The molecule has 0 heterocycles. The summed E-state index contributed by atoms with van der Waals surface area (Å²) in [5.74, 6) is 5.41. The fraction of sp³-hybridized carbons (Fsp3) is 0.889. The molecule has 5 nitrogen and oxygen atoms in total. The topological polar surface area (TPSA) is 67.6 Å². The SMILES string of the molecule is CCN(CCC(=O)ONN)CC1CC1. The first kappa shape index (κ1) is 11.4. The number of hydrogen-bond acceptors (Lipinski definition) is 5. The lowest BCUT2D eigenvalue weighted by atomic mass is 10.3. The van der Waals surface area contributed by atoms with E-state index in [4.69, 9.17) is 5.84 Å². The smallest absolute Gasteiger partial charge is 0.327 e. The summed E-state index contributed by atoms with van der Waals surface area (Å²) in [5, 5.41) is 0. The van der Waals surface area contributed by atoms with Crippen molar-refractivity contribution in [2.75, 3.05) is 19.6 Å². The molecule has 0 aromatic carbocycles. The largest absolute Gasteiger partial charge is 0.356 e. The Morgan fingerprint density at radius 3 is 2.86 bits per heavy atom. The maximum absolute atomic E-state index is 11.0. The summed E-state index contributed by atoms with van der Waals surface area (Å²) in [6.07, 6.45) is 3.07. The molecule has 0 spiro atoms. The van der Waals surface area contributed by atoms with Gasteiger partial charge in [0.1, 0.15) is 0 Å². The van der Waals surface area contributed by atoms with Crippen LogP contribution in [0.2, 0.25) is 0 Å². The predicted octanol–water partition coefficient (Wildman–Crippen LogP) is 0.0299. The Kier molecular flexibility index (Phi) is 4.86. The minimum Gasteiger partial charge on any atom is -0.356 e. The Bertz CT molecular complexity index is 183. The molecule has 0 unspecified atom stereocenters. The van der Waals surface area contributed by atoms with Gasteiger partial charge >= 0.3 is 5.97 Å². The monoisotopic (exact) mass is 201 g/mol. The van der Waals surface area contributed by atoms with E-state index in [-0.39, 0.29) is 5.97 Å². The lowest BCUT2D eigenvalue weighted by Gasteiger charge is -2.19. The summed E-state index contributed by atoms with van der Waals surface area (Å²) in [6.45, 7) is 4.96. The average Bonchev–Trinajstić information content (AvgIpc) is 2.96. The van der Waals surface area contributed by atoms with Gasteiger partial charge in [-0.25, -0.2) is 5.84 Å². The van der Waals surface area contributed by atoms with E-state index in [9.17, 15) is 4.79 Å². The molecule has 1 aliphatic carbocycles. The van der Waals surface area contributed by atoms with E-state index < -0.39 is 0 Å².